The second-order valence-electron chi connectivity index (χ2n) is 6.83. The highest BCUT2D eigenvalue weighted by Crippen LogP contribution is 2.25. The minimum Gasteiger partial charge on any atom is -0.501 e. The maximum atomic E-state index is 13.0. The zero-order chi connectivity index (χ0) is 20.3. The molecule has 28 heavy (non-hydrogen) atoms. The molecule has 0 radical (unpaired) electrons. The molecule has 0 amide bonds. The molecule has 3 rings (SSSR count). The van der Waals surface area contributed by atoms with Crippen molar-refractivity contribution in [3.05, 3.63) is 57.5 Å². The van der Waals surface area contributed by atoms with Gasteiger partial charge in [0.1, 0.15) is 11.6 Å². The SMILES string of the molecule is CC[C@H]1COC[C@@H](NC)c2nc(C(=O)CCc3ccc(F)cc3)c(O)c(=O)n21. The summed E-state index contributed by atoms with van der Waals surface area (Å²) < 4.78 is 20.1. The molecule has 0 spiro atoms. The predicted molar refractivity (Wildman–Crippen MR) is 101 cm³/mol. The summed E-state index contributed by atoms with van der Waals surface area (Å²) >= 11 is 0. The lowest BCUT2D eigenvalue weighted by Crippen LogP contribution is -2.34. The summed E-state index contributed by atoms with van der Waals surface area (Å²) in [6, 6.07) is 5.22. The summed E-state index contributed by atoms with van der Waals surface area (Å²) in [6.07, 6.45) is 1.03. The van der Waals surface area contributed by atoms with E-state index in [2.05, 4.69) is 10.3 Å². The monoisotopic (exact) mass is 389 g/mol. The van der Waals surface area contributed by atoms with Crippen molar-refractivity contribution < 1.29 is 19.0 Å². The lowest BCUT2D eigenvalue weighted by Gasteiger charge is -2.21. The number of aromatic hydroxyl groups is 1. The first kappa shape index (κ1) is 20.2. The number of carbonyl (C=O) groups excluding carboxylic acids is 1. The van der Waals surface area contributed by atoms with Gasteiger partial charge in [-0.3, -0.25) is 14.2 Å². The largest absolute Gasteiger partial charge is 0.501 e. The zero-order valence-electron chi connectivity index (χ0n) is 15.9. The van der Waals surface area contributed by atoms with E-state index in [0.29, 0.717) is 31.9 Å². The normalized spacial score (nSPS) is 19.1. The topological polar surface area (TPSA) is 93.5 Å². The van der Waals surface area contributed by atoms with Crippen LogP contribution in [0, 0.1) is 5.82 Å². The molecule has 2 atom stereocenters. The van der Waals surface area contributed by atoms with Gasteiger partial charge in [-0.25, -0.2) is 9.37 Å². The molecular formula is C20H24FN3O4. The van der Waals surface area contributed by atoms with Crippen molar-refractivity contribution in [2.75, 3.05) is 20.3 Å². The third kappa shape index (κ3) is 3.98. The molecule has 1 aromatic carbocycles. The molecule has 2 N–H and O–H groups in total. The maximum Gasteiger partial charge on any atom is 0.296 e. The van der Waals surface area contributed by atoms with E-state index in [0.717, 1.165) is 5.56 Å². The highest BCUT2D eigenvalue weighted by molar-refractivity contribution is 5.96. The smallest absolute Gasteiger partial charge is 0.296 e. The summed E-state index contributed by atoms with van der Waals surface area (Å²) in [7, 11) is 1.72. The van der Waals surface area contributed by atoms with Gasteiger partial charge in [0.2, 0.25) is 5.75 Å². The number of aromatic nitrogens is 2. The van der Waals surface area contributed by atoms with Crippen LogP contribution in [0.2, 0.25) is 0 Å². The number of halogens is 1. The fourth-order valence-electron chi connectivity index (χ4n) is 3.35. The van der Waals surface area contributed by atoms with E-state index < -0.39 is 17.1 Å². The molecule has 1 aliphatic rings. The van der Waals surface area contributed by atoms with Gasteiger partial charge in [-0.1, -0.05) is 19.1 Å². The van der Waals surface area contributed by atoms with E-state index in [1.807, 2.05) is 6.92 Å². The van der Waals surface area contributed by atoms with Gasteiger partial charge in [0, 0.05) is 6.42 Å². The van der Waals surface area contributed by atoms with Gasteiger partial charge in [-0.2, -0.15) is 0 Å². The highest BCUT2D eigenvalue weighted by Gasteiger charge is 2.30. The van der Waals surface area contributed by atoms with Crippen molar-refractivity contribution in [3.63, 3.8) is 0 Å². The molecule has 1 aliphatic heterocycles. The van der Waals surface area contributed by atoms with E-state index >= 15 is 0 Å². The first-order valence-electron chi connectivity index (χ1n) is 9.34. The van der Waals surface area contributed by atoms with Crippen LogP contribution in [0.4, 0.5) is 4.39 Å². The van der Waals surface area contributed by atoms with Crippen LogP contribution >= 0.6 is 0 Å². The number of ketones is 1. The van der Waals surface area contributed by atoms with Crippen LogP contribution in [-0.2, 0) is 11.2 Å². The Morgan fingerprint density at radius 2 is 2.07 bits per heavy atom. The lowest BCUT2D eigenvalue weighted by atomic mass is 10.1. The number of carbonyl (C=O) groups is 1. The third-order valence-electron chi connectivity index (χ3n) is 5.03. The second-order valence-corrected chi connectivity index (χ2v) is 6.83. The van der Waals surface area contributed by atoms with Gasteiger partial charge in [-0.15, -0.1) is 0 Å². The van der Waals surface area contributed by atoms with Gasteiger partial charge in [-0.05, 0) is 37.6 Å². The average molecular weight is 389 g/mol. The van der Waals surface area contributed by atoms with E-state index in [9.17, 15) is 19.1 Å². The molecule has 0 saturated carbocycles. The summed E-state index contributed by atoms with van der Waals surface area (Å²) in [5, 5.41) is 13.4. The second kappa shape index (κ2) is 8.62. The average Bonchev–Trinajstić information content (AvgIpc) is 2.88. The predicted octanol–water partition coefficient (Wildman–Crippen LogP) is 2.15. The Hall–Kier alpha value is -2.58. The molecule has 0 saturated heterocycles. The first-order valence-corrected chi connectivity index (χ1v) is 9.34. The standard InChI is InChI=1S/C20H24FN3O4/c1-3-14-10-28-11-15(22-2)19-23-17(18(26)20(27)24(14)19)16(25)9-6-12-4-7-13(21)8-5-12/h4-5,7-8,14-15,22,26H,3,6,9-11H2,1-2H3/t14-,15+/m0/s1. The van der Waals surface area contributed by atoms with E-state index in [4.69, 9.17) is 4.74 Å². The Morgan fingerprint density at radius 1 is 1.36 bits per heavy atom. The fraction of sp³-hybridized carbons (Fsp3) is 0.450. The van der Waals surface area contributed by atoms with E-state index in [-0.39, 0.29) is 30.0 Å². The highest BCUT2D eigenvalue weighted by atomic mass is 19.1. The summed E-state index contributed by atoms with van der Waals surface area (Å²) in [5.74, 6) is -1.03. The quantitative estimate of drug-likeness (QED) is 0.736. The van der Waals surface area contributed by atoms with Crippen LogP contribution in [0.5, 0.6) is 5.75 Å². The number of hydrogen-bond acceptors (Lipinski definition) is 6. The number of ether oxygens (including phenoxy) is 1. The molecule has 8 heteroatoms. The van der Waals surface area contributed by atoms with E-state index in [1.165, 1.54) is 16.7 Å². The van der Waals surface area contributed by atoms with Crippen molar-refractivity contribution in [1.82, 2.24) is 14.9 Å². The number of fused-ring (bicyclic) bond motifs is 1. The number of nitrogens with one attached hydrogen (secondary N) is 1. The Balaban J connectivity index is 1.94. The number of Topliss-reactive ketones (excluding diaryl/α,β-unsaturated/α-hetero) is 1. The van der Waals surface area contributed by atoms with Crippen LogP contribution in [0.1, 0.15) is 53.7 Å². The van der Waals surface area contributed by atoms with Crippen molar-refractivity contribution in [2.45, 2.75) is 38.3 Å². The van der Waals surface area contributed by atoms with Gasteiger partial charge in [0.25, 0.3) is 5.56 Å². The van der Waals surface area contributed by atoms with Crippen molar-refractivity contribution in [3.8, 4) is 5.75 Å². The van der Waals surface area contributed by atoms with Crippen LogP contribution in [0.15, 0.2) is 29.1 Å². The number of benzene rings is 1. The summed E-state index contributed by atoms with van der Waals surface area (Å²) in [5.41, 5.74) is -0.0728. The lowest BCUT2D eigenvalue weighted by molar-refractivity contribution is 0.0973. The Morgan fingerprint density at radius 3 is 2.71 bits per heavy atom. The van der Waals surface area contributed by atoms with Crippen molar-refractivity contribution in [2.24, 2.45) is 0 Å². The molecular weight excluding hydrogens is 365 g/mol. The van der Waals surface area contributed by atoms with Gasteiger partial charge in [0.05, 0.1) is 25.3 Å². The van der Waals surface area contributed by atoms with Gasteiger partial charge in [0.15, 0.2) is 11.5 Å². The molecule has 0 unspecified atom stereocenters. The Labute approximate surface area is 162 Å². The van der Waals surface area contributed by atoms with Gasteiger partial charge >= 0.3 is 0 Å². The minimum atomic E-state index is -0.636. The van der Waals surface area contributed by atoms with E-state index in [1.54, 1.807) is 19.2 Å². The zero-order valence-corrected chi connectivity index (χ0v) is 15.9. The number of hydrogen-bond donors (Lipinski definition) is 2. The molecule has 0 fully saturated rings. The van der Waals surface area contributed by atoms with Gasteiger partial charge < -0.3 is 15.2 Å². The molecule has 0 aliphatic carbocycles. The van der Waals surface area contributed by atoms with Crippen molar-refractivity contribution in [1.29, 1.82) is 0 Å². The number of aryl methyl sites for hydroxylation is 1. The summed E-state index contributed by atoms with van der Waals surface area (Å²) in [4.78, 5) is 29.9. The van der Waals surface area contributed by atoms with Crippen molar-refractivity contribution >= 4 is 5.78 Å². The first-order chi connectivity index (χ1) is 13.5. The van der Waals surface area contributed by atoms with Crippen LogP contribution in [-0.4, -0.2) is 40.7 Å². The van der Waals surface area contributed by atoms with Crippen LogP contribution in [0.3, 0.4) is 0 Å². The fourth-order valence-corrected chi connectivity index (χ4v) is 3.35. The minimum absolute atomic E-state index is 0.0486. The number of likely N-dealkylation sites (N-methyl/N-ethyl adjacent to an activating group) is 1. The molecule has 7 nitrogen and oxygen atoms in total. The maximum absolute atomic E-state index is 13.0. The number of rotatable bonds is 6. The van der Waals surface area contributed by atoms with Crippen LogP contribution in [0.25, 0.3) is 0 Å². The molecule has 2 heterocycles. The Bertz CT molecular complexity index is 911. The molecule has 1 aromatic heterocycles. The molecule has 2 aromatic rings. The Kier molecular flexibility index (Phi) is 6.21. The molecule has 150 valence electrons. The summed E-state index contributed by atoms with van der Waals surface area (Å²) in [6.45, 7) is 2.57. The molecule has 0 bridgehead atoms. The van der Waals surface area contributed by atoms with Crippen LogP contribution < -0.4 is 10.9 Å². The third-order valence-corrected chi connectivity index (χ3v) is 5.03. The number of nitrogens with zero attached hydrogens (tertiary/aromatic N) is 2.